The Bertz CT molecular complexity index is 1130. The van der Waals surface area contributed by atoms with Crippen molar-refractivity contribution in [1.82, 2.24) is 4.90 Å². The third-order valence-corrected chi connectivity index (χ3v) is 6.40. The highest BCUT2D eigenvalue weighted by atomic mass is 32.2. The molecule has 0 radical (unpaired) electrons. The van der Waals surface area contributed by atoms with Crippen LogP contribution in [-0.2, 0) is 27.8 Å². The minimum Gasteiger partial charge on any atom is -0.484 e. The van der Waals surface area contributed by atoms with Gasteiger partial charge in [-0.3, -0.25) is 9.52 Å². The largest absolute Gasteiger partial charge is 0.484 e. The molecular weight excluding hydrogens is 400 g/mol. The van der Waals surface area contributed by atoms with Gasteiger partial charge < -0.3 is 9.64 Å². The number of anilines is 1. The molecule has 6 nitrogen and oxygen atoms in total. The first-order valence-corrected chi connectivity index (χ1v) is 11.1. The number of hydrogen-bond donors (Lipinski definition) is 1. The molecule has 1 heterocycles. The van der Waals surface area contributed by atoms with E-state index in [1.807, 2.05) is 24.3 Å². The number of nitrogens with one attached hydrogen (secondary N) is 1. The third kappa shape index (κ3) is 4.63. The summed E-state index contributed by atoms with van der Waals surface area (Å²) in [7, 11) is -3.69. The number of benzene rings is 3. The maximum Gasteiger partial charge on any atom is 0.261 e. The summed E-state index contributed by atoms with van der Waals surface area (Å²) in [5.74, 6) is 0.353. The van der Waals surface area contributed by atoms with Gasteiger partial charge >= 0.3 is 0 Å². The van der Waals surface area contributed by atoms with E-state index in [1.165, 1.54) is 17.7 Å². The second kappa shape index (κ2) is 8.59. The fraction of sp³-hybridized carbons (Fsp3) is 0.174. The highest BCUT2D eigenvalue weighted by Gasteiger charge is 2.21. The second-order valence-corrected chi connectivity index (χ2v) is 8.75. The molecule has 1 amide bonds. The van der Waals surface area contributed by atoms with Crippen molar-refractivity contribution in [2.75, 3.05) is 17.9 Å². The average molecular weight is 423 g/mol. The minimum absolute atomic E-state index is 0.0868. The first-order valence-electron chi connectivity index (χ1n) is 9.66. The summed E-state index contributed by atoms with van der Waals surface area (Å²) >= 11 is 0. The van der Waals surface area contributed by atoms with Crippen molar-refractivity contribution < 1.29 is 17.9 Å². The molecule has 7 heteroatoms. The Hall–Kier alpha value is -3.32. The van der Waals surface area contributed by atoms with Crippen LogP contribution >= 0.6 is 0 Å². The molecule has 0 fully saturated rings. The van der Waals surface area contributed by atoms with Crippen LogP contribution in [0, 0.1) is 0 Å². The van der Waals surface area contributed by atoms with E-state index in [1.54, 1.807) is 41.3 Å². The summed E-state index contributed by atoms with van der Waals surface area (Å²) in [5.41, 5.74) is 2.94. The van der Waals surface area contributed by atoms with Crippen LogP contribution in [0.1, 0.15) is 11.1 Å². The molecule has 3 aromatic carbocycles. The second-order valence-electron chi connectivity index (χ2n) is 7.07. The first kappa shape index (κ1) is 20.0. The Labute approximate surface area is 176 Å². The first-order chi connectivity index (χ1) is 14.5. The molecular formula is C23H22N2O4S. The Balaban J connectivity index is 1.34. The summed E-state index contributed by atoms with van der Waals surface area (Å²) in [6, 6.07) is 22.8. The van der Waals surface area contributed by atoms with E-state index in [-0.39, 0.29) is 17.4 Å². The molecule has 4 rings (SSSR count). The topological polar surface area (TPSA) is 75.7 Å². The highest BCUT2D eigenvalue weighted by Crippen LogP contribution is 2.21. The molecule has 3 aromatic rings. The fourth-order valence-corrected chi connectivity index (χ4v) is 4.44. The normalized spacial score (nSPS) is 13.4. The molecule has 0 spiro atoms. The summed E-state index contributed by atoms with van der Waals surface area (Å²) in [5, 5.41) is 0. The Morgan fingerprint density at radius 1 is 0.900 bits per heavy atom. The van der Waals surface area contributed by atoms with E-state index in [2.05, 4.69) is 10.8 Å². The van der Waals surface area contributed by atoms with Gasteiger partial charge in [-0.1, -0.05) is 42.5 Å². The zero-order valence-corrected chi connectivity index (χ0v) is 17.1. The van der Waals surface area contributed by atoms with Crippen LogP contribution in [0.5, 0.6) is 5.75 Å². The van der Waals surface area contributed by atoms with E-state index in [0.29, 0.717) is 24.5 Å². The van der Waals surface area contributed by atoms with E-state index in [4.69, 9.17) is 4.74 Å². The van der Waals surface area contributed by atoms with Gasteiger partial charge in [-0.05, 0) is 53.9 Å². The van der Waals surface area contributed by atoms with Gasteiger partial charge in [0, 0.05) is 18.8 Å². The molecule has 0 aromatic heterocycles. The quantitative estimate of drug-likeness (QED) is 0.660. The van der Waals surface area contributed by atoms with Crippen LogP contribution in [-0.4, -0.2) is 32.4 Å². The molecule has 0 unspecified atom stereocenters. The molecule has 0 saturated heterocycles. The van der Waals surface area contributed by atoms with Gasteiger partial charge in [0.15, 0.2) is 6.61 Å². The molecule has 0 bridgehead atoms. The summed E-state index contributed by atoms with van der Waals surface area (Å²) in [6.45, 7) is 1.17. The minimum atomic E-state index is -3.69. The van der Waals surface area contributed by atoms with Crippen molar-refractivity contribution in [3.05, 3.63) is 90.0 Å². The lowest BCUT2D eigenvalue weighted by atomic mass is 10.00. The maximum atomic E-state index is 12.5. The van der Waals surface area contributed by atoms with Gasteiger partial charge in [0.1, 0.15) is 5.75 Å². The van der Waals surface area contributed by atoms with Gasteiger partial charge in [0.05, 0.1) is 4.90 Å². The molecule has 1 N–H and O–H groups in total. The van der Waals surface area contributed by atoms with Crippen molar-refractivity contribution in [3.8, 4) is 5.75 Å². The lowest BCUT2D eigenvalue weighted by molar-refractivity contribution is -0.134. The number of nitrogens with zero attached hydrogens (tertiary/aromatic N) is 1. The lowest BCUT2D eigenvalue weighted by Gasteiger charge is -2.28. The van der Waals surface area contributed by atoms with Gasteiger partial charge in [-0.2, -0.15) is 0 Å². The SMILES string of the molecule is O=C(COc1ccc(S(=O)(=O)Nc2ccccc2)cc1)N1CCc2ccccc2C1. The van der Waals surface area contributed by atoms with Crippen molar-refractivity contribution in [2.24, 2.45) is 0 Å². The molecule has 1 aliphatic heterocycles. The fourth-order valence-electron chi connectivity index (χ4n) is 3.38. The third-order valence-electron chi connectivity index (χ3n) is 5.01. The van der Waals surface area contributed by atoms with Crippen LogP contribution in [0.4, 0.5) is 5.69 Å². The number of carbonyl (C=O) groups is 1. The predicted octanol–water partition coefficient (Wildman–Crippen LogP) is 3.45. The van der Waals surface area contributed by atoms with Crippen LogP contribution < -0.4 is 9.46 Å². The van der Waals surface area contributed by atoms with Gasteiger partial charge in [0.25, 0.3) is 15.9 Å². The standard InChI is InChI=1S/C23H22N2O4S/c26-23(25-15-14-18-6-4-5-7-19(18)16-25)17-29-21-10-12-22(13-11-21)30(27,28)24-20-8-2-1-3-9-20/h1-13,24H,14-17H2. The molecule has 0 atom stereocenters. The zero-order valence-electron chi connectivity index (χ0n) is 16.3. The van der Waals surface area contributed by atoms with Crippen LogP contribution in [0.2, 0.25) is 0 Å². The Kier molecular flexibility index (Phi) is 5.72. The van der Waals surface area contributed by atoms with E-state index < -0.39 is 10.0 Å². The molecule has 30 heavy (non-hydrogen) atoms. The number of amides is 1. The van der Waals surface area contributed by atoms with Crippen molar-refractivity contribution >= 4 is 21.6 Å². The monoisotopic (exact) mass is 422 g/mol. The smallest absolute Gasteiger partial charge is 0.261 e. The van der Waals surface area contributed by atoms with E-state index >= 15 is 0 Å². The van der Waals surface area contributed by atoms with Gasteiger partial charge in [0.2, 0.25) is 0 Å². The lowest BCUT2D eigenvalue weighted by Crippen LogP contribution is -2.38. The molecule has 154 valence electrons. The van der Waals surface area contributed by atoms with Crippen molar-refractivity contribution in [2.45, 2.75) is 17.9 Å². The molecule has 0 saturated carbocycles. The number of rotatable bonds is 6. The predicted molar refractivity (Wildman–Crippen MR) is 115 cm³/mol. The summed E-state index contributed by atoms with van der Waals surface area (Å²) in [6.07, 6.45) is 0.836. The van der Waals surface area contributed by atoms with Crippen LogP contribution in [0.15, 0.2) is 83.8 Å². The number of carbonyl (C=O) groups excluding carboxylic acids is 1. The Morgan fingerprint density at radius 2 is 1.57 bits per heavy atom. The van der Waals surface area contributed by atoms with Gasteiger partial charge in [-0.25, -0.2) is 8.42 Å². The van der Waals surface area contributed by atoms with Crippen LogP contribution in [0.3, 0.4) is 0 Å². The number of sulfonamides is 1. The van der Waals surface area contributed by atoms with E-state index in [9.17, 15) is 13.2 Å². The van der Waals surface area contributed by atoms with Gasteiger partial charge in [-0.15, -0.1) is 0 Å². The average Bonchev–Trinajstić information content (AvgIpc) is 2.78. The summed E-state index contributed by atoms with van der Waals surface area (Å²) in [4.78, 5) is 14.4. The molecule has 1 aliphatic rings. The number of para-hydroxylation sites is 1. The highest BCUT2D eigenvalue weighted by molar-refractivity contribution is 7.92. The Morgan fingerprint density at radius 3 is 2.30 bits per heavy atom. The van der Waals surface area contributed by atoms with Crippen molar-refractivity contribution in [3.63, 3.8) is 0 Å². The van der Waals surface area contributed by atoms with Crippen molar-refractivity contribution in [1.29, 1.82) is 0 Å². The van der Waals surface area contributed by atoms with E-state index in [0.717, 1.165) is 12.0 Å². The number of ether oxygens (including phenoxy) is 1. The number of fused-ring (bicyclic) bond motifs is 1. The number of hydrogen-bond acceptors (Lipinski definition) is 4. The summed E-state index contributed by atoms with van der Waals surface area (Å²) < 4.78 is 33.1. The molecule has 0 aliphatic carbocycles. The maximum absolute atomic E-state index is 12.5. The van der Waals surface area contributed by atoms with Crippen LogP contribution in [0.25, 0.3) is 0 Å². The zero-order chi connectivity index (χ0) is 21.0.